The van der Waals surface area contributed by atoms with Gasteiger partial charge >= 0.3 is 0 Å². The molecule has 1 heterocycles. The van der Waals surface area contributed by atoms with Crippen LogP contribution < -0.4 is 10.1 Å². The SMILES string of the molecule is CCn1nnnc1NCc1cc(Br)ccc1OCc1ccc(F)cc1Cl. The molecule has 0 bridgehead atoms. The second kappa shape index (κ2) is 8.46. The Labute approximate surface area is 163 Å². The van der Waals surface area contributed by atoms with E-state index in [0.717, 1.165) is 10.0 Å². The summed E-state index contributed by atoms with van der Waals surface area (Å²) in [7, 11) is 0. The molecule has 0 aliphatic heterocycles. The molecule has 3 aromatic rings. The maximum atomic E-state index is 13.2. The quantitative estimate of drug-likeness (QED) is 0.588. The molecule has 0 spiro atoms. The third-order valence-electron chi connectivity index (χ3n) is 3.69. The Morgan fingerprint density at radius 3 is 2.85 bits per heavy atom. The number of hydrogen-bond acceptors (Lipinski definition) is 5. The third kappa shape index (κ3) is 4.50. The van der Waals surface area contributed by atoms with Crippen molar-refractivity contribution in [2.75, 3.05) is 5.32 Å². The molecule has 0 amide bonds. The van der Waals surface area contributed by atoms with Gasteiger partial charge in [0.05, 0.1) is 5.02 Å². The fourth-order valence-electron chi connectivity index (χ4n) is 2.34. The van der Waals surface area contributed by atoms with Crippen LogP contribution in [0, 0.1) is 5.82 Å². The number of nitrogens with zero attached hydrogens (tertiary/aromatic N) is 4. The average Bonchev–Trinajstić information content (AvgIpc) is 3.08. The van der Waals surface area contributed by atoms with Crippen LogP contribution in [0.25, 0.3) is 0 Å². The van der Waals surface area contributed by atoms with Gasteiger partial charge in [-0.2, -0.15) is 0 Å². The van der Waals surface area contributed by atoms with Crippen LogP contribution in [0.1, 0.15) is 18.1 Å². The summed E-state index contributed by atoms with van der Waals surface area (Å²) in [6.07, 6.45) is 0. The van der Waals surface area contributed by atoms with Crippen LogP contribution in [0.3, 0.4) is 0 Å². The van der Waals surface area contributed by atoms with Gasteiger partial charge in [0.25, 0.3) is 0 Å². The van der Waals surface area contributed by atoms with E-state index in [-0.39, 0.29) is 12.4 Å². The fraction of sp³-hybridized carbons (Fsp3) is 0.235. The summed E-state index contributed by atoms with van der Waals surface area (Å²) in [5.74, 6) is 0.901. The summed E-state index contributed by atoms with van der Waals surface area (Å²) in [6, 6.07) is 9.95. The van der Waals surface area contributed by atoms with Gasteiger partial charge in [-0.25, -0.2) is 9.07 Å². The molecule has 0 atom stereocenters. The summed E-state index contributed by atoms with van der Waals surface area (Å²) >= 11 is 9.53. The molecule has 9 heteroatoms. The normalized spacial score (nSPS) is 10.8. The van der Waals surface area contributed by atoms with Crippen molar-refractivity contribution in [2.24, 2.45) is 0 Å². The predicted octanol–water partition coefficient (Wildman–Crippen LogP) is 4.44. The molecule has 1 aromatic heterocycles. The minimum Gasteiger partial charge on any atom is -0.488 e. The van der Waals surface area contributed by atoms with Crippen molar-refractivity contribution < 1.29 is 9.13 Å². The number of hydrogen-bond donors (Lipinski definition) is 1. The monoisotopic (exact) mass is 439 g/mol. The van der Waals surface area contributed by atoms with E-state index in [0.29, 0.717) is 35.4 Å². The van der Waals surface area contributed by atoms with Gasteiger partial charge in [0.2, 0.25) is 5.95 Å². The number of nitrogens with one attached hydrogen (secondary N) is 1. The highest BCUT2D eigenvalue weighted by atomic mass is 79.9. The molecule has 0 aliphatic rings. The molecule has 6 nitrogen and oxygen atoms in total. The van der Waals surface area contributed by atoms with E-state index in [1.165, 1.54) is 12.1 Å². The molecule has 2 aromatic carbocycles. The molecule has 136 valence electrons. The molecular formula is C17H16BrClFN5O. The largest absolute Gasteiger partial charge is 0.488 e. The van der Waals surface area contributed by atoms with Crippen molar-refractivity contribution in [2.45, 2.75) is 26.6 Å². The van der Waals surface area contributed by atoms with Gasteiger partial charge in [-0.3, -0.25) is 0 Å². The van der Waals surface area contributed by atoms with Crippen LogP contribution in [0.15, 0.2) is 40.9 Å². The van der Waals surface area contributed by atoms with Crippen LogP contribution >= 0.6 is 27.5 Å². The molecule has 0 radical (unpaired) electrons. The molecule has 0 unspecified atom stereocenters. The summed E-state index contributed by atoms with van der Waals surface area (Å²) < 4.78 is 21.6. The fourth-order valence-corrected chi connectivity index (χ4v) is 2.97. The van der Waals surface area contributed by atoms with Crippen LogP contribution in [0.2, 0.25) is 5.02 Å². The molecular weight excluding hydrogens is 425 g/mol. The van der Waals surface area contributed by atoms with Crippen molar-refractivity contribution in [1.82, 2.24) is 20.2 Å². The number of anilines is 1. The van der Waals surface area contributed by atoms with Crippen LogP contribution in [-0.2, 0) is 19.7 Å². The molecule has 0 fully saturated rings. The van der Waals surface area contributed by atoms with E-state index < -0.39 is 0 Å². The lowest BCUT2D eigenvalue weighted by molar-refractivity contribution is 0.303. The lowest BCUT2D eigenvalue weighted by Gasteiger charge is -2.14. The summed E-state index contributed by atoms with van der Waals surface area (Å²) in [5.41, 5.74) is 1.63. The average molecular weight is 441 g/mol. The van der Waals surface area contributed by atoms with Crippen molar-refractivity contribution in [3.05, 3.63) is 62.8 Å². The van der Waals surface area contributed by atoms with Gasteiger partial charge in [-0.05, 0) is 47.7 Å². The lowest BCUT2D eigenvalue weighted by atomic mass is 10.2. The van der Waals surface area contributed by atoms with Gasteiger partial charge in [-0.15, -0.1) is 0 Å². The number of aromatic nitrogens is 4. The van der Waals surface area contributed by atoms with Gasteiger partial charge in [0.15, 0.2) is 0 Å². The van der Waals surface area contributed by atoms with Gasteiger partial charge < -0.3 is 10.1 Å². The lowest BCUT2D eigenvalue weighted by Crippen LogP contribution is -2.09. The Morgan fingerprint density at radius 1 is 1.23 bits per heavy atom. The van der Waals surface area contributed by atoms with Gasteiger partial charge in [-0.1, -0.05) is 38.7 Å². The summed E-state index contributed by atoms with van der Waals surface area (Å²) in [5, 5.41) is 15.0. The highest BCUT2D eigenvalue weighted by molar-refractivity contribution is 9.10. The standard InChI is InChI=1S/C17H16BrClFN5O/c1-2-25-17(22-23-24-25)21-9-12-7-13(18)4-6-16(12)26-10-11-3-5-14(20)8-15(11)19/h3-8H,2,9-10H2,1H3,(H,21,22,24). The van der Waals surface area contributed by atoms with E-state index in [9.17, 15) is 4.39 Å². The smallest absolute Gasteiger partial charge is 0.243 e. The van der Waals surface area contributed by atoms with Crippen molar-refractivity contribution in [3.63, 3.8) is 0 Å². The van der Waals surface area contributed by atoms with E-state index in [4.69, 9.17) is 16.3 Å². The topological polar surface area (TPSA) is 64.9 Å². The minimum atomic E-state index is -0.374. The zero-order chi connectivity index (χ0) is 18.5. The van der Waals surface area contributed by atoms with Crippen molar-refractivity contribution >= 4 is 33.5 Å². The summed E-state index contributed by atoms with van der Waals surface area (Å²) in [4.78, 5) is 0. The Balaban J connectivity index is 1.73. The Morgan fingerprint density at radius 2 is 2.08 bits per heavy atom. The van der Waals surface area contributed by atoms with E-state index in [1.807, 2.05) is 25.1 Å². The zero-order valence-corrected chi connectivity index (χ0v) is 16.3. The van der Waals surface area contributed by atoms with Crippen LogP contribution in [-0.4, -0.2) is 20.2 Å². The number of ether oxygens (including phenoxy) is 1. The van der Waals surface area contributed by atoms with Crippen LogP contribution in [0.4, 0.5) is 10.3 Å². The van der Waals surface area contributed by atoms with E-state index in [2.05, 4.69) is 36.8 Å². The molecule has 0 aliphatic carbocycles. The molecule has 3 rings (SSSR count). The zero-order valence-electron chi connectivity index (χ0n) is 13.9. The second-order valence-electron chi connectivity index (χ2n) is 5.45. The molecule has 0 saturated heterocycles. The highest BCUT2D eigenvalue weighted by Gasteiger charge is 2.10. The molecule has 0 saturated carbocycles. The van der Waals surface area contributed by atoms with Gasteiger partial charge in [0.1, 0.15) is 18.2 Å². The molecule has 26 heavy (non-hydrogen) atoms. The first-order valence-electron chi connectivity index (χ1n) is 7.92. The molecule has 1 N–H and O–H groups in total. The number of rotatable bonds is 7. The Hall–Kier alpha value is -2.19. The maximum absolute atomic E-state index is 13.2. The maximum Gasteiger partial charge on any atom is 0.243 e. The Bertz CT molecular complexity index is 905. The predicted molar refractivity (Wildman–Crippen MR) is 101 cm³/mol. The first kappa shape index (κ1) is 18.6. The van der Waals surface area contributed by atoms with Crippen molar-refractivity contribution in [1.29, 1.82) is 0 Å². The minimum absolute atomic E-state index is 0.237. The Kier molecular flexibility index (Phi) is 6.05. The number of tetrazole rings is 1. The highest BCUT2D eigenvalue weighted by Crippen LogP contribution is 2.26. The van der Waals surface area contributed by atoms with Gasteiger partial charge in [0, 0.05) is 28.7 Å². The van der Waals surface area contributed by atoms with Crippen LogP contribution in [0.5, 0.6) is 5.75 Å². The first-order chi connectivity index (χ1) is 12.6. The number of aryl methyl sites for hydroxylation is 1. The number of benzene rings is 2. The first-order valence-corrected chi connectivity index (χ1v) is 9.09. The van der Waals surface area contributed by atoms with E-state index >= 15 is 0 Å². The number of halogens is 3. The summed E-state index contributed by atoms with van der Waals surface area (Å²) in [6.45, 7) is 3.34. The van der Waals surface area contributed by atoms with Crippen molar-refractivity contribution in [3.8, 4) is 5.75 Å². The second-order valence-corrected chi connectivity index (χ2v) is 6.77. The third-order valence-corrected chi connectivity index (χ3v) is 4.53. The van der Waals surface area contributed by atoms with E-state index in [1.54, 1.807) is 10.7 Å².